The van der Waals surface area contributed by atoms with E-state index in [1.165, 1.54) is 9.75 Å². The lowest BCUT2D eigenvalue weighted by molar-refractivity contribution is -0.138. The summed E-state index contributed by atoms with van der Waals surface area (Å²) >= 11 is 7.68. The van der Waals surface area contributed by atoms with Crippen LogP contribution in [0.25, 0.3) is 0 Å². The van der Waals surface area contributed by atoms with Crippen LogP contribution in [0.5, 0.6) is 0 Å². The maximum atomic E-state index is 13.0. The number of carbonyl (C=O) groups excluding carboxylic acids is 5. The van der Waals surface area contributed by atoms with E-state index in [0.29, 0.717) is 12.1 Å². The van der Waals surface area contributed by atoms with Gasteiger partial charge >= 0.3 is 5.97 Å². The van der Waals surface area contributed by atoms with Crippen LogP contribution in [-0.2, 0) is 35.2 Å². The van der Waals surface area contributed by atoms with E-state index in [-0.39, 0.29) is 34.8 Å². The number of carbonyl (C=O) groups is 6. The van der Waals surface area contributed by atoms with Gasteiger partial charge in [0.15, 0.2) is 0 Å². The van der Waals surface area contributed by atoms with Crippen molar-refractivity contribution in [3.63, 3.8) is 0 Å². The summed E-state index contributed by atoms with van der Waals surface area (Å²) in [5, 5.41) is 16.6. The van der Waals surface area contributed by atoms with Gasteiger partial charge in [-0.25, -0.2) is 0 Å². The third-order valence-corrected chi connectivity index (χ3v) is 8.74. The molecule has 1 aromatic heterocycles. The fourth-order valence-electron chi connectivity index (χ4n) is 3.75. The van der Waals surface area contributed by atoms with Crippen LogP contribution in [0, 0.1) is 6.92 Å². The number of hydrogen-bond donors (Lipinski definition) is 4. The van der Waals surface area contributed by atoms with Crippen LogP contribution in [0.3, 0.4) is 0 Å². The molecule has 1 aromatic carbocycles. The summed E-state index contributed by atoms with van der Waals surface area (Å²) < 4.78 is 0.125. The quantitative estimate of drug-likeness (QED) is 0.234. The summed E-state index contributed by atoms with van der Waals surface area (Å²) in [6.45, 7) is 1.35. The largest absolute Gasteiger partial charge is 0.481 e. The number of thiophene rings is 1. The molecule has 0 fully saturated rings. The van der Waals surface area contributed by atoms with Crippen molar-refractivity contribution in [3.05, 3.63) is 60.7 Å². The summed E-state index contributed by atoms with van der Waals surface area (Å²) in [5.74, 6) is -4.20. The maximum absolute atomic E-state index is 13.0. The minimum Gasteiger partial charge on any atom is -0.481 e. The van der Waals surface area contributed by atoms with Crippen LogP contribution in [0.15, 0.2) is 45.4 Å². The van der Waals surface area contributed by atoms with Crippen molar-refractivity contribution in [2.24, 2.45) is 0 Å². The molecule has 0 saturated carbocycles. The Morgan fingerprint density at radius 1 is 1.00 bits per heavy atom. The lowest BCUT2D eigenvalue weighted by Gasteiger charge is -2.18. The summed E-state index contributed by atoms with van der Waals surface area (Å²) in [4.78, 5) is 76.0. The van der Waals surface area contributed by atoms with Gasteiger partial charge in [-0.05, 0) is 75.0 Å². The van der Waals surface area contributed by atoms with Gasteiger partial charge < -0.3 is 21.1 Å². The van der Waals surface area contributed by atoms with Crippen molar-refractivity contribution in [1.29, 1.82) is 0 Å². The molecule has 0 bridgehead atoms. The van der Waals surface area contributed by atoms with E-state index >= 15 is 0 Å². The molecule has 40 heavy (non-hydrogen) atoms. The van der Waals surface area contributed by atoms with Crippen molar-refractivity contribution in [2.45, 2.75) is 38.6 Å². The SMILES string of the molecule is Cc1ccc(Cc2cccc(NC(=O)[C@H](CCC(=O)O)NC(=O)CNC(=O)CCN3C(=O)C(Br)=C(Br)C3=O)c2)s1. The number of nitrogens with one attached hydrogen (secondary N) is 3. The third-order valence-electron chi connectivity index (χ3n) is 5.73. The minimum atomic E-state index is -1.16. The van der Waals surface area contributed by atoms with Crippen molar-refractivity contribution in [1.82, 2.24) is 15.5 Å². The van der Waals surface area contributed by atoms with Gasteiger partial charge in [0.05, 0.1) is 6.54 Å². The summed E-state index contributed by atoms with van der Waals surface area (Å²) in [6, 6.07) is 10.1. The summed E-state index contributed by atoms with van der Waals surface area (Å²) in [7, 11) is 0. The summed E-state index contributed by atoms with van der Waals surface area (Å²) in [5.41, 5.74) is 1.47. The predicted octanol–water partition coefficient (Wildman–Crippen LogP) is 2.81. The highest BCUT2D eigenvalue weighted by Gasteiger charge is 2.35. The van der Waals surface area contributed by atoms with Crippen LogP contribution in [0.2, 0.25) is 0 Å². The molecule has 0 radical (unpaired) electrons. The highest BCUT2D eigenvalue weighted by Crippen LogP contribution is 2.29. The fourth-order valence-corrected chi connectivity index (χ4v) is 5.44. The van der Waals surface area contributed by atoms with Crippen molar-refractivity contribution in [2.75, 3.05) is 18.4 Å². The molecule has 2 aromatic rings. The van der Waals surface area contributed by atoms with Gasteiger partial charge in [-0.3, -0.25) is 33.7 Å². The van der Waals surface area contributed by atoms with Crippen LogP contribution < -0.4 is 16.0 Å². The molecule has 4 N–H and O–H groups in total. The van der Waals surface area contributed by atoms with Gasteiger partial charge in [-0.15, -0.1) is 11.3 Å². The average Bonchev–Trinajstić information content (AvgIpc) is 3.39. The molecule has 0 saturated heterocycles. The Labute approximate surface area is 250 Å². The van der Waals surface area contributed by atoms with E-state index in [2.05, 4.69) is 47.8 Å². The normalized spacial score (nSPS) is 13.8. The van der Waals surface area contributed by atoms with Crippen LogP contribution in [-0.4, -0.2) is 64.6 Å². The maximum Gasteiger partial charge on any atom is 0.303 e. The average molecular weight is 698 g/mol. The second-order valence-corrected chi connectivity index (χ2v) is 11.8. The first kappa shape index (κ1) is 31.2. The van der Waals surface area contributed by atoms with E-state index in [9.17, 15) is 28.8 Å². The van der Waals surface area contributed by atoms with Crippen molar-refractivity contribution >= 4 is 84.4 Å². The molecule has 0 unspecified atom stereocenters. The van der Waals surface area contributed by atoms with Gasteiger partial charge in [0.25, 0.3) is 11.8 Å². The Morgan fingerprint density at radius 3 is 2.33 bits per heavy atom. The number of benzene rings is 1. The zero-order valence-corrected chi connectivity index (χ0v) is 25.3. The highest BCUT2D eigenvalue weighted by atomic mass is 79.9. The first-order chi connectivity index (χ1) is 18.9. The molecule has 1 aliphatic heterocycles. The smallest absolute Gasteiger partial charge is 0.303 e. The zero-order chi connectivity index (χ0) is 29.4. The van der Waals surface area contributed by atoms with Gasteiger partial charge in [0.2, 0.25) is 17.7 Å². The van der Waals surface area contributed by atoms with Crippen molar-refractivity contribution in [3.8, 4) is 0 Å². The number of aryl methyl sites for hydroxylation is 1. The molecule has 1 atom stereocenters. The molecule has 0 aliphatic carbocycles. The molecule has 3 rings (SSSR count). The number of aliphatic carboxylic acids is 1. The molecule has 212 valence electrons. The molecular formula is C26H26Br2N4O7S. The van der Waals surface area contributed by atoms with Gasteiger partial charge in [-0.1, -0.05) is 12.1 Å². The Kier molecular flexibility index (Phi) is 11.2. The topological polar surface area (TPSA) is 162 Å². The number of carboxylic acids is 1. The summed E-state index contributed by atoms with van der Waals surface area (Å²) in [6.07, 6.45) is -0.0770. The van der Waals surface area contributed by atoms with Crippen LogP contribution in [0.1, 0.15) is 34.6 Å². The monoisotopic (exact) mass is 696 g/mol. The first-order valence-electron chi connectivity index (χ1n) is 12.1. The van der Waals surface area contributed by atoms with Crippen molar-refractivity contribution < 1.29 is 33.9 Å². The Morgan fingerprint density at radius 2 is 1.70 bits per heavy atom. The number of carboxylic acid groups (broad SMARTS) is 1. The fraction of sp³-hybridized carbons (Fsp3) is 0.308. The zero-order valence-electron chi connectivity index (χ0n) is 21.3. The van der Waals surface area contributed by atoms with Crippen LogP contribution >= 0.6 is 43.2 Å². The molecule has 1 aliphatic rings. The van der Waals surface area contributed by atoms with Crippen LogP contribution in [0.4, 0.5) is 5.69 Å². The highest BCUT2D eigenvalue weighted by molar-refractivity contribution is 9.14. The Bertz CT molecular complexity index is 1350. The first-order valence-corrected chi connectivity index (χ1v) is 14.5. The standard InChI is InChI=1S/C26H26Br2N4O7S/c1-14-5-6-17(40-14)12-15-3-2-4-16(11-15)30-24(37)18(7-8-21(35)36)31-20(34)13-29-19(33)9-10-32-25(38)22(27)23(28)26(32)39/h2-6,11,18H,7-10,12-13H2,1H3,(H,29,33)(H,30,37)(H,31,34)(H,35,36)/t18-/m0/s1. The van der Waals surface area contributed by atoms with E-state index in [0.717, 1.165) is 10.5 Å². The van der Waals surface area contributed by atoms with Gasteiger partial charge in [-0.2, -0.15) is 0 Å². The Hall–Kier alpha value is -3.36. The molecule has 2 heterocycles. The Balaban J connectivity index is 1.52. The molecule has 0 spiro atoms. The number of rotatable bonds is 13. The third kappa shape index (κ3) is 8.83. The number of imide groups is 1. The molecule has 11 nitrogen and oxygen atoms in total. The minimum absolute atomic E-state index is 0.0623. The second-order valence-electron chi connectivity index (χ2n) is 8.85. The van der Waals surface area contributed by atoms with E-state index in [4.69, 9.17) is 5.11 Å². The number of hydrogen-bond acceptors (Lipinski definition) is 7. The lowest BCUT2D eigenvalue weighted by atomic mass is 10.1. The number of nitrogens with zero attached hydrogens (tertiary/aromatic N) is 1. The van der Waals surface area contributed by atoms with Gasteiger partial charge in [0, 0.05) is 41.2 Å². The number of halogens is 2. The van der Waals surface area contributed by atoms with Gasteiger partial charge in [0.1, 0.15) is 15.0 Å². The molecule has 5 amide bonds. The van der Waals surface area contributed by atoms with E-state index < -0.39 is 48.1 Å². The number of amides is 5. The predicted molar refractivity (Wildman–Crippen MR) is 155 cm³/mol. The number of anilines is 1. The molecule has 14 heteroatoms. The molecular weight excluding hydrogens is 672 g/mol. The van der Waals surface area contributed by atoms with E-state index in [1.807, 2.05) is 31.2 Å². The second kappa shape index (κ2) is 14.3. The lowest BCUT2D eigenvalue weighted by Crippen LogP contribution is -2.48. The van der Waals surface area contributed by atoms with E-state index in [1.54, 1.807) is 23.5 Å².